The fraction of sp³-hybridized carbons (Fsp3) is 0.294. The van der Waals surface area contributed by atoms with Crippen LogP contribution in [0.3, 0.4) is 0 Å². The summed E-state index contributed by atoms with van der Waals surface area (Å²) >= 11 is 0. The van der Waals surface area contributed by atoms with E-state index < -0.39 is 0 Å². The zero-order chi connectivity index (χ0) is 15.8. The first-order valence-electron chi connectivity index (χ1n) is 7.79. The van der Waals surface area contributed by atoms with Crippen molar-refractivity contribution in [2.75, 3.05) is 0 Å². The zero-order valence-electron chi connectivity index (χ0n) is 12.9. The molecule has 0 aliphatic heterocycles. The Labute approximate surface area is 133 Å². The molecule has 1 N–H and O–H groups in total. The van der Waals surface area contributed by atoms with Crippen LogP contribution in [0.15, 0.2) is 36.5 Å². The van der Waals surface area contributed by atoms with Gasteiger partial charge in [0.15, 0.2) is 0 Å². The van der Waals surface area contributed by atoms with Gasteiger partial charge in [-0.15, -0.1) is 5.10 Å². The van der Waals surface area contributed by atoms with Gasteiger partial charge in [0.2, 0.25) is 5.82 Å². The molecule has 2 heterocycles. The Morgan fingerprint density at radius 2 is 2.17 bits per heavy atom. The number of fused-ring (bicyclic) bond motifs is 2. The number of carbonyl (C=O) groups excluding carboxylic acids is 1. The van der Waals surface area contributed by atoms with Crippen molar-refractivity contribution in [3.8, 4) is 0 Å². The van der Waals surface area contributed by atoms with Crippen molar-refractivity contribution < 1.29 is 4.79 Å². The molecule has 0 bridgehead atoms. The van der Waals surface area contributed by atoms with E-state index in [9.17, 15) is 4.79 Å². The molecule has 0 spiro atoms. The fourth-order valence-corrected chi connectivity index (χ4v) is 3.13. The molecule has 1 aliphatic carbocycles. The number of aromatic nitrogens is 4. The van der Waals surface area contributed by atoms with Gasteiger partial charge in [0.05, 0.1) is 6.04 Å². The van der Waals surface area contributed by atoms with E-state index in [0.29, 0.717) is 5.78 Å². The van der Waals surface area contributed by atoms with Crippen LogP contribution in [0.1, 0.15) is 46.3 Å². The number of hydrogen-bond donors (Lipinski definition) is 1. The maximum Gasteiger partial charge on any atom is 0.291 e. The summed E-state index contributed by atoms with van der Waals surface area (Å²) in [6.45, 7) is 1.91. The second-order valence-corrected chi connectivity index (χ2v) is 5.85. The van der Waals surface area contributed by atoms with Gasteiger partial charge in [-0.1, -0.05) is 24.3 Å². The van der Waals surface area contributed by atoms with Crippen molar-refractivity contribution in [3.63, 3.8) is 0 Å². The first-order chi connectivity index (χ1) is 11.2. The smallest absolute Gasteiger partial charge is 0.291 e. The Morgan fingerprint density at radius 1 is 1.30 bits per heavy atom. The van der Waals surface area contributed by atoms with Crippen LogP contribution < -0.4 is 5.32 Å². The predicted octanol–water partition coefficient (Wildman–Crippen LogP) is 2.24. The second-order valence-electron chi connectivity index (χ2n) is 5.85. The molecule has 1 aromatic carbocycles. The minimum atomic E-state index is -0.253. The van der Waals surface area contributed by atoms with Crippen molar-refractivity contribution >= 4 is 11.7 Å². The number of carbonyl (C=O) groups is 1. The largest absolute Gasteiger partial charge is 0.342 e. The van der Waals surface area contributed by atoms with Crippen molar-refractivity contribution in [1.29, 1.82) is 0 Å². The highest BCUT2D eigenvalue weighted by molar-refractivity contribution is 5.91. The van der Waals surface area contributed by atoms with E-state index in [2.05, 4.69) is 32.5 Å². The monoisotopic (exact) mass is 307 g/mol. The molecular weight excluding hydrogens is 290 g/mol. The molecule has 6 nitrogen and oxygen atoms in total. The van der Waals surface area contributed by atoms with E-state index in [1.807, 2.05) is 25.1 Å². The summed E-state index contributed by atoms with van der Waals surface area (Å²) in [6, 6.07) is 10.1. The number of nitrogens with zero attached hydrogens (tertiary/aromatic N) is 4. The summed E-state index contributed by atoms with van der Waals surface area (Å²) in [7, 11) is 0. The number of rotatable bonds is 2. The van der Waals surface area contributed by atoms with E-state index in [0.717, 1.165) is 25.0 Å². The highest BCUT2D eigenvalue weighted by Crippen LogP contribution is 2.29. The molecule has 1 aliphatic rings. The molecule has 3 aromatic rings. The molecule has 1 amide bonds. The summed E-state index contributed by atoms with van der Waals surface area (Å²) in [4.78, 5) is 20.9. The second kappa shape index (κ2) is 5.46. The lowest BCUT2D eigenvalue weighted by atomic mass is 9.88. The predicted molar refractivity (Wildman–Crippen MR) is 85.1 cm³/mol. The number of amides is 1. The molecule has 6 heteroatoms. The van der Waals surface area contributed by atoms with E-state index in [4.69, 9.17) is 0 Å². The molecule has 0 unspecified atom stereocenters. The number of nitrogens with one attached hydrogen (secondary N) is 1. The molecule has 0 fully saturated rings. The quantitative estimate of drug-likeness (QED) is 0.788. The fourth-order valence-electron chi connectivity index (χ4n) is 3.13. The molecule has 0 saturated heterocycles. The van der Waals surface area contributed by atoms with E-state index in [-0.39, 0.29) is 17.8 Å². The third-order valence-corrected chi connectivity index (χ3v) is 4.31. The zero-order valence-corrected chi connectivity index (χ0v) is 12.9. The lowest BCUT2D eigenvalue weighted by Crippen LogP contribution is -2.31. The Balaban J connectivity index is 1.61. The average molecular weight is 307 g/mol. The van der Waals surface area contributed by atoms with Gasteiger partial charge in [-0.2, -0.15) is 4.98 Å². The summed E-state index contributed by atoms with van der Waals surface area (Å²) in [5.41, 5.74) is 3.40. The first-order valence-corrected chi connectivity index (χ1v) is 7.79. The third-order valence-electron chi connectivity index (χ3n) is 4.31. The highest BCUT2D eigenvalue weighted by atomic mass is 16.2. The Bertz CT molecular complexity index is 886. The average Bonchev–Trinajstić information content (AvgIpc) is 3.01. The lowest BCUT2D eigenvalue weighted by molar-refractivity contribution is 0.0922. The maximum absolute atomic E-state index is 12.5. The van der Waals surface area contributed by atoms with Crippen LogP contribution in [-0.2, 0) is 6.42 Å². The topological polar surface area (TPSA) is 72.2 Å². The number of hydrogen-bond acceptors (Lipinski definition) is 4. The van der Waals surface area contributed by atoms with Gasteiger partial charge in [0, 0.05) is 11.9 Å². The number of benzene rings is 1. The van der Waals surface area contributed by atoms with Gasteiger partial charge in [0.25, 0.3) is 11.7 Å². The number of aryl methyl sites for hydroxylation is 2. The van der Waals surface area contributed by atoms with Gasteiger partial charge >= 0.3 is 0 Å². The van der Waals surface area contributed by atoms with E-state index >= 15 is 0 Å². The van der Waals surface area contributed by atoms with Crippen molar-refractivity contribution in [1.82, 2.24) is 24.9 Å². The van der Waals surface area contributed by atoms with Crippen LogP contribution in [0, 0.1) is 6.92 Å². The van der Waals surface area contributed by atoms with E-state index in [1.165, 1.54) is 11.1 Å². The normalized spacial score (nSPS) is 17.0. The summed E-state index contributed by atoms with van der Waals surface area (Å²) in [6.07, 6.45) is 4.74. The first kappa shape index (κ1) is 13.9. The van der Waals surface area contributed by atoms with Crippen molar-refractivity contribution in [2.24, 2.45) is 0 Å². The minimum absolute atomic E-state index is 0.0214. The van der Waals surface area contributed by atoms with Crippen LogP contribution in [0.25, 0.3) is 5.78 Å². The summed E-state index contributed by atoms with van der Waals surface area (Å²) in [5, 5.41) is 7.33. The Hall–Kier alpha value is -2.76. The molecule has 23 heavy (non-hydrogen) atoms. The van der Waals surface area contributed by atoms with Gasteiger partial charge in [-0.3, -0.25) is 4.79 Å². The Kier molecular flexibility index (Phi) is 3.29. The van der Waals surface area contributed by atoms with Crippen LogP contribution in [0.2, 0.25) is 0 Å². The van der Waals surface area contributed by atoms with Gasteiger partial charge in [0.1, 0.15) is 0 Å². The van der Waals surface area contributed by atoms with Crippen LogP contribution in [0.5, 0.6) is 0 Å². The molecule has 1 atom stereocenters. The third kappa shape index (κ3) is 2.46. The molecule has 0 radical (unpaired) electrons. The SMILES string of the molecule is Cc1ccnc2nc(C(=O)N[C@@H]3CCCc4ccccc43)nn12. The van der Waals surface area contributed by atoms with Gasteiger partial charge < -0.3 is 5.32 Å². The van der Waals surface area contributed by atoms with Gasteiger partial charge in [-0.25, -0.2) is 9.50 Å². The molecule has 2 aromatic heterocycles. The van der Waals surface area contributed by atoms with Crippen molar-refractivity contribution in [3.05, 3.63) is 59.2 Å². The standard InChI is InChI=1S/C17H17N5O/c1-11-9-10-18-17-20-15(21-22(11)17)16(23)19-14-8-4-6-12-5-2-3-7-13(12)14/h2-3,5,7,9-10,14H,4,6,8H2,1H3,(H,19,23)/t14-/m1/s1. The summed E-state index contributed by atoms with van der Waals surface area (Å²) < 4.78 is 1.59. The lowest BCUT2D eigenvalue weighted by Gasteiger charge is -2.25. The van der Waals surface area contributed by atoms with Crippen LogP contribution in [0.4, 0.5) is 0 Å². The molecule has 116 valence electrons. The molecule has 0 saturated carbocycles. The minimum Gasteiger partial charge on any atom is -0.342 e. The molecule has 4 rings (SSSR count). The van der Waals surface area contributed by atoms with E-state index in [1.54, 1.807) is 10.7 Å². The maximum atomic E-state index is 12.5. The highest BCUT2D eigenvalue weighted by Gasteiger charge is 2.23. The van der Waals surface area contributed by atoms with Gasteiger partial charge in [-0.05, 0) is 43.4 Å². The van der Waals surface area contributed by atoms with Crippen molar-refractivity contribution in [2.45, 2.75) is 32.2 Å². The summed E-state index contributed by atoms with van der Waals surface area (Å²) in [5.74, 6) is 0.352. The van der Waals surface area contributed by atoms with Crippen LogP contribution >= 0.6 is 0 Å². The molecular formula is C17H17N5O. The Morgan fingerprint density at radius 3 is 3.04 bits per heavy atom. The van der Waals surface area contributed by atoms with Crippen LogP contribution in [-0.4, -0.2) is 25.5 Å².